The van der Waals surface area contributed by atoms with Gasteiger partial charge in [0.1, 0.15) is 19.7 Å². The zero-order chi connectivity index (χ0) is 11.0. The fourth-order valence-electron chi connectivity index (χ4n) is 1.54. The molecule has 0 spiro atoms. The molecule has 0 unspecified atom stereocenters. The molecule has 0 amide bonds. The van der Waals surface area contributed by atoms with Crippen LogP contribution in [0.2, 0.25) is 0 Å². The third-order valence-electron chi connectivity index (χ3n) is 2.42. The first-order chi connectivity index (χ1) is 7.09. The summed E-state index contributed by atoms with van der Waals surface area (Å²) in [4.78, 5) is 12.8. The minimum Gasteiger partial charge on any atom is -0.261 e. The molecule has 2 aromatic rings. The van der Waals surface area contributed by atoms with Crippen molar-refractivity contribution in [1.82, 2.24) is 15.0 Å². The Bertz CT molecular complexity index is 508. The number of fused-ring (bicyclic) bond motifs is 1. The van der Waals surface area contributed by atoms with Gasteiger partial charge in [0.25, 0.3) is 0 Å². The van der Waals surface area contributed by atoms with Gasteiger partial charge in [0, 0.05) is 0 Å². The Balaban J connectivity index is 2.80. The van der Waals surface area contributed by atoms with Gasteiger partial charge in [-0.1, -0.05) is 13.8 Å². The van der Waals surface area contributed by atoms with Crippen molar-refractivity contribution in [3.63, 3.8) is 0 Å². The second-order valence-electron chi connectivity index (χ2n) is 3.97. The average molecular weight is 197 g/mol. The second kappa shape index (κ2) is 3.61. The standard InChI is InChI=1S/C11H12BN3/c1-6(2)9-10-8(13-5-14-9)4-7(3)11(12)15-10/h4-6H,1-3H3. The normalized spacial score (nSPS) is 11.2. The number of hydrogen-bond donors (Lipinski definition) is 0. The lowest BCUT2D eigenvalue weighted by Gasteiger charge is -2.09. The van der Waals surface area contributed by atoms with E-state index < -0.39 is 0 Å². The summed E-state index contributed by atoms with van der Waals surface area (Å²) < 4.78 is 0. The fraction of sp³-hybridized carbons (Fsp3) is 0.364. The summed E-state index contributed by atoms with van der Waals surface area (Å²) >= 11 is 0. The molecule has 0 bridgehead atoms. The molecule has 0 aliphatic carbocycles. The predicted molar refractivity (Wildman–Crippen MR) is 61.5 cm³/mol. The largest absolute Gasteiger partial charge is 0.261 e. The predicted octanol–water partition coefficient (Wildman–Crippen LogP) is 1.25. The lowest BCUT2D eigenvalue weighted by atomic mass is 9.97. The topological polar surface area (TPSA) is 38.7 Å². The van der Waals surface area contributed by atoms with Crippen LogP contribution in [0.3, 0.4) is 0 Å². The second-order valence-corrected chi connectivity index (χ2v) is 3.97. The molecule has 74 valence electrons. The van der Waals surface area contributed by atoms with Gasteiger partial charge in [-0.05, 0) is 30.1 Å². The Labute approximate surface area is 90.4 Å². The van der Waals surface area contributed by atoms with E-state index in [1.807, 2.05) is 13.0 Å². The Morgan fingerprint density at radius 3 is 2.67 bits per heavy atom. The first-order valence-electron chi connectivity index (χ1n) is 4.97. The SMILES string of the molecule is [B]c1nc2c(C(C)C)ncnc2cc1C. The number of rotatable bonds is 1. The number of nitrogens with zero attached hydrogens (tertiary/aromatic N) is 3. The van der Waals surface area contributed by atoms with Gasteiger partial charge in [-0.3, -0.25) is 4.98 Å². The van der Waals surface area contributed by atoms with Crippen molar-refractivity contribution in [2.24, 2.45) is 0 Å². The molecule has 4 heteroatoms. The summed E-state index contributed by atoms with van der Waals surface area (Å²) in [7, 11) is 5.79. The molecule has 0 saturated heterocycles. The van der Waals surface area contributed by atoms with E-state index in [2.05, 4.69) is 28.8 Å². The van der Waals surface area contributed by atoms with Crippen molar-refractivity contribution in [1.29, 1.82) is 0 Å². The van der Waals surface area contributed by atoms with Crippen molar-refractivity contribution in [3.05, 3.63) is 23.7 Å². The van der Waals surface area contributed by atoms with Gasteiger partial charge in [0.15, 0.2) is 0 Å². The van der Waals surface area contributed by atoms with Crippen LogP contribution in [0.1, 0.15) is 31.0 Å². The van der Waals surface area contributed by atoms with E-state index in [9.17, 15) is 0 Å². The van der Waals surface area contributed by atoms with E-state index in [-0.39, 0.29) is 0 Å². The lowest BCUT2D eigenvalue weighted by molar-refractivity contribution is 0.824. The van der Waals surface area contributed by atoms with Gasteiger partial charge in [-0.15, -0.1) is 0 Å². The smallest absolute Gasteiger partial charge is 0.142 e. The summed E-state index contributed by atoms with van der Waals surface area (Å²) in [5.41, 5.74) is 4.14. The van der Waals surface area contributed by atoms with Gasteiger partial charge in [-0.2, -0.15) is 0 Å². The minimum absolute atomic E-state index is 0.324. The zero-order valence-electron chi connectivity index (χ0n) is 9.15. The van der Waals surface area contributed by atoms with Crippen LogP contribution in [0.5, 0.6) is 0 Å². The highest BCUT2D eigenvalue weighted by molar-refractivity contribution is 6.32. The van der Waals surface area contributed by atoms with Crippen LogP contribution in [0.4, 0.5) is 0 Å². The summed E-state index contributed by atoms with van der Waals surface area (Å²) in [6, 6.07) is 1.95. The molecule has 0 N–H and O–H groups in total. The molecular formula is C11H12BN3. The molecule has 2 rings (SSSR count). The average Bonchev–Trinajstić information content (AvgIpc) is 2.18. The highest BCUT2D eigenvalue weighted by Gasteiger charge is 2.09. The van der Waals surface area contributed by atoms with Crippen LogP contribution in [0.25, 0.3) is 11.0 Å². The highest BCUT2D eigenvalue weighted by Crippen LogP contribution is 2.19. The van der Waals surface area contributed by atoms with Gasteiger partial charge < -0.3 is 0 Å². The molecular weight excluding hydrogens is 185 g/mol. The van der Waals surface area contributed by atoms with E-state index in [1.165, 1.54) is 0 Å². The van der Waals surface area contributed by atoms with E-state index >= 15 is 0 Å². The van der Waals surface area contributed by atoms with Crippen molar-refractivity contribution in [2.45, 2.75) is 26.7 Å². The molecule has 2 aromatic heterocycles. The van der Waals surface area contributed by atoms with Crippen LogP contribution in [-0.4, -0.2) is 22.8 Å². The molecule has 0 atom stereocenters. The van der Waals surface area contributed by atoms with E-state index in [0.29, 0.717) is 11.5 Å². The van der Waals surface area contributed by atoms with Crippen molar-refractivity contribution in [3.8, 4) is 0 Å². The molecule has 0 aliphatic heterocycles. The Kier molecular flexibility index (Phi) is 2.43. The van der Waals surface area contributed by atoms with Gasteiger partial charge >= 0.3 is 0 Å². The zero-order valence-corrected chi connectivity index (χ0v) is 9.15. The summed E-state index contributed by atoms with van der Waals surface area (Å²) in [6.07, 6.45) is 1.58. The van der Waals surface area contributed by atoms with Crippen LogP contribution < -0.4 is 5.59 Å². The molecule has 2 radical (unpaired) electrons. The molecule has 2 heterocycles. The molecule has 15 heavy (non-hydrogen) atoms. The first-order valence-corrected chi connectivity index (χ1v) is 4.97. The maximum absolute atomic E-state index is 5.79. The minimum atomic E-state index is 0.324. The molecule has 0 fully saturated rings. The summed E-state index contributed by atoms with van der Waals surface area (Å²) in [5, 5.41) is 0. The Hall–Kier alpha value is -1.45. The van der Waals surface area contributed by atoms with E-state index in [0.717, 1.165) is 22.3 Å². The highest BCUT2D eigenvalue weighted by atomic mass is 14.9. The number of aryl methyl sites for hydroxylation is 1. The molecule has 0 saturated carbocycles. The number of pyridine rings is 1. The van der Waals surface area contributed by atoms with Crippen LogP contribution >= 0.6 is 0 Å². The van der Waals surface area contributed by atoms with Crippen molar-refractivity contribution >= 4 is 24.5 Å². The van der Waals surface area contributed by atoms with Gasteiger partial charge in [-0.25, -0.2) is 9.97 Å². The summed E-state index contributed by atoms with van der Waals surface area (Å²) in [6.45, 7) is 6.10. The summed E-state index contributed by atoms with van der Waals surface area (Å²) in [5.74, 6) is 0.324. The van der Waals surface area contributed by atoms with Crippen molar-refractivity contribution in [2.75, 3.05) is 0 Å². The van der Waals surface area contributed by atoms with Crippen LogP contribution in [0.15, 0.2) is 12.4 Å². The monoisotopic (exact) mass is 197 g/mol. The molecule has 0 aromatic carbocycles. The fourth-order valence-corrected chi connectivity index (χ4v) is 1.54. The van der Waals surface area contributed by atoms with E-state index in [1.54, 1.807) is 6.33 Å². The van der Waals surface area contributed by atoms with Crippen LogP contribution in [-0.2, 0) is 0 Å². The molecule has 3 nitrogen and oxygen atoms in total. The number of hydrogen-bond acceptors (Lipinski definition) is 3. The van der Waals surface area contributed by atoms with Gasteiger partial charge in [0.05, 0.1) is 11.2 Å². The quantitative estimate of drug-likeness (QED) is 0.645. The number of aromatic nitrogens is 3. The maximum atomic E-state index is 5.79. The lowest BCUT2D eigenvalue weighted by Crippen LogP contribution is -2.14. The third-order valence-corrected chi connectivity index (χ3v) is 2.42. The van der Waals surface area contributed by atoms with E-state index in [4.69, 9.17) is 7.85 Å². The third kappa shape index (κ3) is 1.72. The van der Waals surface area contributed by atoms with Crippen molar-refractivity contribution < 1.29 is 0 Å². The molecule has 0 aliphatic rings. The van der Waals surface area contributed by atoms with Gasteiger partial charge in [0.2, 0.25) is 0 Å². The van der Waals surface area contributed by atoms with Crippen LogP contribution in [0, 0.1) is 6.92 Å². The Morgan fingerprint density at radius 2 is 2.00 bits per heavy atom. The Morgan fingerprint density at radius 1 is 1.27 bits per heavy atom. The first kappa shape index (κ1) is 10.1. The maximum Gasteiger partial charge on any atom is 0.142 e.